The van der Waals surface area contributed by atoms with Gasteiger partial charge in [-0.3, -0.25) is 0 Å². The van der Waals surface area contributed by atoms with Gasteiger partial charge in [-0.1, -0.05) is 31.6 Å². The van der Waals surface area contributed by atoms with Gasteiger partial charge in [-0.15, -0.1) is 0 Å². The van der Waals surface area contributed by atoms with Crippen LogP contribution in [0.5, 0.6) is 0 Å². The second-order valence-electron chi connectivity index (χ2n) is 5.57. The summed E-state index contributed by atoms with van der Waals surface area (Å²) in [5, 5.41) is 12.7. The zero-order valence-electron chi connectivity index (χ0n) is 10.5. The van der Waals surface area contributed by atoms with E-state index in [9.17, 15) is 5.21 Å². The molecule has 0 saturated carbocycles. The van der Waals surface area contributed by atoms with Crippen molar-refractivity contribution < 1.29 is 5.06 Å². The third-order valence-corrected chi connectivity index (χ3v) is 4.43. The molecule has 2 heteroatoms. The predicted molar refractivity (Wildman–Crippen MR) is 69.5 cm³/mol. The van der Waals surface area contributed by atoms with Gasteiger partial charge in [0.2, 0.25) is 0 Å². The summed E-state index contributed by atoms with van der Waals surface area (Å²) in [7, 11) is 0. The third kappa shape index (κ3) is 1.90. The number of hydrogen-bond acceptors (Lipinski definition) is 1. The Bertz CT molecular complexity index is 405. The average molecular weight is 231 g/mol. The molecule has 0 spiro atoms. The van der Waals surface area contributed by atoms with Crippen molar-refractivity contribution >= 4 is 0 Å². The second kappa shape index (κ2) is 4.43. The molecule has 0 aromatic heterocycles. The van der Waals surface area contributed by atoms with Crippen LogP contribution < -0.4 is 5.06 Å². The van der Waals surface area contributed by atoms with Gasteiger partial charge in [0.1, 0.15) is 6.54 Å². The van der Waals surface area contributed by atoms with E-state index >= 15 is 0 Å². The van der Waals surface area contributed by atoms with Crippen LogP contribution in [0.15, 0.2) is 34.9 Å². The highest BCUT2D eigenvalue weighted by molar-refractivity contribution is 5.56. The van der Waals surface area contributed by atoms with Gasteiger partial charge >= 0.3 is 0 Å². The van der Waals surface area contributed by atoms with Crippen LogP contribution in [0.25, 0.3) is 0 Å². The highest BCUT2D eigenvalue weighted by atomic mass is 16.5. The van der Waals surface area contributed by atoms with Gasteiger partial charge in [-0.05, 0) is 36.3 Å². The van der Waals surface area contributed by atoms with Crippen LogP contribution in [0.3, 0.4) is 0 Å². The largest absolute Gasteiger partial charge is 0.634 e. The lowest BCUT2D eigenvalue weighted by Crippen LogP contribution is -3.11. The van der Waals surface area contributed by atoms with Gasteiger partial charge in [0.05, 0.1) is 6.04 Å². The number of nitrogens with one attached hydrogen (secondary N) is 1. The van der Waals surface area contributed by atoms with E-state index in [4.69, 9.17) is 0 Å². The summed E-state index contributed by atoms with van der Waals surface area (Å²) >= 11 is 0. The number of hydrogen-bond donors (Lipinski definition) is 1. The fraction of sp³-hybridized carbons (Fsp3) is 0.600. The van der Waals surface area contributed by atoms with Crippen molar-refractivity contribution in [2.45, 2.75) is 45.1 Å². The molecule has 1 heterocycles. The van der Waals surface area contributed by atoms with Gasteiger partial charge < -0.3 is 10.3 Å². The van der Waals surface area contributed by atoms with Crippen molar-refractivity contribution in [2.75, 3.05) is 6.54 Å². The van der Waals surface area contributed by atoms with Crippen LogP contribution in [-0.4, -0.2) is 12.6 Å². The molecule has 0 saturated heterocycles. The first-order valence-corrected chi connectivity index (χ1v) is 6.94. The zero-order chi connectivity index (χ0) is 11.8. The highest BCUT2D eigenvalue weighted by Crippen LogP contribution is 2.40. The van der Waals surface area contributed by atoms with E-state index in [2.05, 4.69) is 25.2 Å². The molecule has 0 aromatic carbocycles. The van der Waals surface area contributed by atoms with Crippen LogP contribution in [0.1, 0.15) is 39.0 Å². The van der Waals surface area contributed by atoms with E-state index < -0.39 is 0 Å². The molecule has 0 aromatic rings. The minimum Gasteiger partial charge on any atom is -0.634 e. The molecule has 0 amide bonds. The van der Waals surface area contributed by atoms with Crippen molar-refractivity contribution in [3.8, 4) is 0 Å². The Kier molecular flexibility index (Phi) is 2.93. The fourth-order valence-corrected chi connectivity index (χ4v) is 3.64. The minimum atomic E-state index is 0.323. The van der Waals surface area contributed by atoms with E-state index in [0.717, 1.165) is 19.3 Å². The summed E-state index contributed by atoms with van der Waals surface area (Å²) in [4.78, 5) is 0. The molecule has 2 aliphatic carbocycles. The maximum atomic E-state index is 12.2. The van der Waals surface area contributed by atoms with Crippen LogP contribution in [0.4, 0.5) is 0 Å². The smallest absolute Gasteiger partial charge is 0.103 e. The van der Waals surface area contributed by atoms with E-state index in [-0.39, 0.29) is 0 Å². The van der Waals surface area contributed by atoms with Crippen molar-refractivity contribution in [1.29, 1.82) is 0 Å². The van der Waals surface area contributed by atoms with E-state index in [1.807, 2.05) is 0 Å². The SMILES string of the molecule is CCCC1CC2CCC=C3C=CC(=C32)C[NH+]1[O-]. The van der Waals surface area contributed by atoms with E-state index in [1.54, 1.807) is 0 Å². The molecule has 0 radical (unpaired) electrons. The first-order valence-electron chi connectivity index (χ1n) is 6.94. The first-order chi connectivity index (χ1) is 8.29. The van der Waals surface area contributed by atoms with Crippen molar-refractivity contribution in [3.63, 3.8) is 0 Å². The Hall–Kier alpha value is -0.860. The molecule has 2 nitrogen and oxygen atoms in total. The van der Waals surface area contributed by atoms with Crippen molar-refractivity contribution in [3.05, 3.63) is 40.2 Å². The summed E-state index contributed by atoms with van der Waals surface area (Å²) in [5.74, 6) is 0.656. The standard InChI is InChI=1S/C15H21NO/c1-2-4-14-9-12-6-3-5-11-7-8-13(15(11)12)10-16(14)17/h5,7-8,12,14,16H,2-4,6,9-10H2,1H3. The molecule has 17 heavy (non-hydrogen) atoms. The summed E-state index contributed by atoms with van der Waals surface area (Å²) in [6.07, 6.45) is 12.5. The summed E-state index contributed by atoms with van der Waals surface area (Å²) in [5.41, 5.74) is 4.26. The lowest BCUT2D eigenvalue weighted by Gasteiger charge is -2.32. The molecule has 0 bridgehead atoms. The van der Waals surface area contributed by atoms with Crippen molar-refractivity contribution in [1.82, 2.24) is 0 Å². The summed E-state index contributed by atoms with van der Waals surface area (Å²) < 4.78 is 0. The van der Waals surface area contributed by atoms with Gasteiger partial charge in [0.25, 0.3) is 0 Å². The molecular weight excluding hydrogens is 210 g/mol. The lowest BCUT2D eigenvalue weighted by molar-refractivity contribution is -0.871. The molecule has 3 unspecified atom stereocenters. The van der Waals surface area contributed by atoms with Gasteiger partial charge in [0, 0.05) is 12.0 Å². The number of quaternary nitrogens is 1. The van der Waals surface area contributed by atoms with E-state index in [0.29, 0.717) is 23.6 Å². The number of rotatable bonds is 2. The Morgan fingerprint density at radius 3 is 3.12 bits per heavy atom. The maximum absolute atomic E-state index is 12.2. The van der Waals surface area contributed by atoms with Crippen LogP contribution in [0.2, 0.25) is 0 Å². The molecule has 3 aliphatic rings. The monoisotopic (exact) mass is 231 g/mol. The average Bonchev–Trinajstić information content (AvgIpc) is 2.66. The quantitative estimate of drug-likeness (QED) is 0.724. The molecule has 1 aliphatic heterocycles. The van der Waals surface area contributed by atoms with E-state index in [1.165, 1.54) is 29.6 Å². The topological polar surface area (TPSA) is 27.5 Å². The third-order valence-electron chi connectivity index (χ3n) is 4.43. The molecule has 3 rings (SSSR count). The lowest BCUT2D eigenvalue weighted by atomic mass is 9.80. The van der Waals surface area contributed by atoms with Gasteiger partial charge in [0.15, 0.2) is 0 Å². The Labute approximate surface area is 103 Å². The maximum Gasteiger partial charge on any atom is 0.103 e. The molecule has 1 N–H and O–H groups in total. The number of allylic oxidation sites excluding steroid dienone is 4. The molecular formula is C15H21NO. The zero-order valence-corrected chi connectivity index (χ0v) is 10.5. The Morgan fingerprint density at radius 2 is 2.29 bits per heavy atom. The second-order valence-corrected chi connectivity index (χ2v) is 5.57. The van der Waals surface area contributed by atoms with Gasteiger partial charge in [-0.2, -0.15) is 0 Å². The Morgan fingerprint density at radius 1 is 1.41 bits per heavy atom. The summed E-state index contributed by atoms with van der Waals surface area (Å²) in [6, 6.07) is 0.323. The summed E-state index contributed by atoms with van der Waals surface area (Å²) in [6.45, 7) is 2.87. The number of hydroxylamine groups is 2. The predicted octanol–water partition coefficient (Wildman–Crippen LogP) is 2.14. The van der Waals surface area contributed by atoms with Crippen LogP contribution >= 0.6 is 0 Å². The Balaban J connectivity index is 1.91. The minimum absolute atomic E-state index is 0.323. The van der Waals surface area contributed by atoms with Gasteiger partial charge in [-0.25, -0.2) is 0 Å². The van der Waals surface area contributed by atoms with Crippen LogP contribution in [-0.2, 0) is 0 Å². The molecule has 0 fully saturated rings. The fourth-order valence-electron chi connectivity index (χ4n) is 3.64. The normalized spacial score (nSPS) is 35.6. The molecule has 3 atom stereocenters. The first kappa shape index (κ1) is 11.2. The van der Waals surface area contributed by atoms with Crippen molar-refractivity contribution in [2.24, 2.45) is 5.92 Å². The van der Waals surface area contributed by atoms with Crippen LogP contribution in [0, 0.1) is 11.1 Å². The molecule has 92 valence electrons. The highest BCUT2D eigenvalue weighted by Gasteiger charge is 2.33.